The van der Waals surface area contributed by atoms with Crippen LogP contribution >= 0.6 is 0 Å². The minimum atomic E-state index is -4.53. The average molecular weight is 513 g/mol. The third-order valence-corrected chi connectivity index (χ3v) is 4.80. The standard InChI is InChI=1S/C22H14F7N5O2/c23-15-9-16(24)20(26)14(19(15)25)10-33-7-5-18(32-33)30-21(35)17-4-6-34(31-17)11-36-13-3-1-2-12(8-13)22(27,28)29/h1-9H,10-11H2,(H,30,32,35). The van der Waals surface area contributed by atoms with Crippen LogP contribution in [0.1, 0.15) is 21.6 Å². The lowest BCUT2D eigenvalue weighted by Crippen LogP contribution is -2.15. The number of nitrogens with zero attached hydrogens (tertiary/aromatic N) is 4. The van der Waals surface area contributed by atoms with Crippen LogP contribution in [0.25, 0.3) is 0 Å². The molecule has 0 unspecified atom stereocenters. The first-order valence-corrected chi connectivity index (χ1v) is 10.0. The van der Waals surface area contributed by atoms with E-state index in [4.69, 9.17) is 4.74 Å². The molecule has 0 bridgehead atoms. The third-order valence-electron chi connectivity index (χ3n) is 4.80. The number of aromatic nitrogens is 4. The van der Waals surface area contributed by atoms with Crippen LogP contribution in [-0.4, -0.2) is 25.5 Å². The summed E-state index contributed by atoms with van der Waals surface area (Å²) in [5, 5.41) is 10.2. The zero-order valence-electron chi connectivity index (χ0n) is 17.9. The molecule has 7 nitrogen and oxygen atoms in total. The van der Waals surface area contributed by atoms with Crippen molar-refractivity contribution in [2.75, 3.05) is 5.32 Å². The van der Waals surface area contributed by atoms with Crippen molar-refractivity contribution in [1.29, 1.82) is 0 Å². The number of carbonyl (C=O) groups is 1. The molecular formula is C22H14F7N5O2. The van der Waals surface area contributed by atoms with Crippen molar-refractivity contribution < 1.29 is 40.3 Å². The van der Waals surface area contributed by atoms with E-state index in [1.807, 2.05) is 0 Å². The van der Waals surface area contributed by atoms with E-state index in [9.17, 15) is 35.5 Å². The molecule has 1 amide bonds. The molecule has 14 heteroatoms. The number of anilines is 1. The van der Waals surface area contributed by atoms with Gasteiger partial charge >= 0.3 is 6.18 Å². The molecular weight excluding hydrogens is 499 g/mol. The van der Waals surface area contributed by atoms with E-state index in [0.29, 0.717) is 0 Å². The second kappa shape index (κ2) is 9.71. The summed E-state index contributed by atoms with van der Waals surface area (Å²) in [4.78, 5) is 12.4. The highest BCUT2D eigenvalue weighted by atomic mass is 19.4. The number of ether oxygens (including phenoxy) is 1. The number of alkyl halides is 3. The first-order chi connectivity index (χ1) is 17.0. The summed E-state index contributed by atoms with van der Waals surface area (Å²) in [7, 11) is 0. The van der Waals surface area contributed by atoms with Gasteiger partial charge in [0.05, 0.1) is 17.7 Å². The average Bonchev–Trinajstić information content (AvgIpc) is 3.48. The van der Waals surface area contributed by atoms with Crippen LogP contribution in [0, 0.1) is 23.3 Å². The number of amides is 1. The normalized spacial score (nSPS) is 11.5. The van der Waals surface area contributed by atoms with Gasteiger partial charge in [0.25, 0.3) is 5.91 Å². The lowest BCUT2D eigenvalue weighted by molar-refractivity contribution is -0.137. The van der Waals surface area contributed by atoms with Crippen LogP contribution in [0.2, 0.25) is 0 Å². The maximum atomic E-state index is 13.8. The molecule has 0 aliphatic carbocycles. The predicted octanol–water partition coefficient (Wildman–Crippen LogP) is 4.99. The Morgan fingerprint density at radius 2 is 1.61 bits per heavy atom. The Bertz CT molecular complexity index is 1390. The van der Waals surface area contributed by atoms with Gasteiger partial charge in [-0.05, 0) is 24.3 Å². The monoisotopic (exact) mass is 513 g/mol. The zero-order chi connectivity index (χ0) is 26.0. The quantitative estimate of drug-likeness (QED) is 0.279. The molecule has 2 aromatic carbocycles. The summed E-state index contributed by atoms with van der Waals surface area (Å²) in [6.07, 6.45) is -1.96. The fourth-order valence-electron chi connectivity index (χ4n) is 3.08. The molecule has 1 N–H and O–H groups in total. The van der Waals surface area contributed by atoms with Crippen LogP contribution in [0.5, 0.6) is 5.75 Å². The molecule has 2 aromatic heterocycles. The second-order valence-corrected chi connectivity index (χ2v) is 7.34. The number of hydrogen-bond acceptors (Lipinski definition) is 4. The van der Waals surface area contributed by atoms with Gasteiger partial charge in [-0.1, -0.05) is 6.07 Å². The van der Waals surface area contributed by atoms with Crippen LogP contribution in [0.3, 0.4) is 0 Å². The van der Waals surface area contributed by atoms with E-state index in [1.54, 1.807) is 0 Å². The van der Waals surface area contributed by atoms with Crippen molar-refractivity contribution in [1.82, 2.24) is 19.6 Å². The van der Waals surface area contributed by atoms with Crippen molar-refractivity contribution in [3.63, 3.8) is 0 Å². The van der Waals surface area contributed by atoms with Crippen LogP contribution in [0.4, 0.5) is 36.6 Å². The molecule has 0 saturated heterocycles. The number of carbonyl (C=O) groups excluding carboxylic acids is 1. The van der Waals surface area contributed by atoms with E-state index in [-0.39, 0.29) is 30.1 Å². The van der Waals surface area contributed by atoms with E-state index in [0.717, 1.165) is 21.5 Å². The molecule has 2 heterocycles. The van der Waals surface area contributed by atoms with Gasteiger partial charge in [-0.3, -0.25) is 9.48 Å². The number of halogens is 7. The van der Waals surface area contributed by atoms with Gasteiger partial charge in [-0.15, -0.1) is 0 Å². The molecule has 0 atom stereocenters. The highest BCUT2D eigenvalue weighted by molar-refractivity contribution is 6.02. The highest BCUT2D eigenvalue weighted by Gasteiger charge is 2.30. The Morgan fingerprint density at radius 1 is 0.917 bits per heavy atom. The van der Waals surface area contributed by atoms with Gasteiger partial charge in [0.2, 0.25) is 0 Å². The van der Waals surface area contributed by atoms with Crippen LogP contribution in [0.15, 0.2) is 54.9 Å². The van der Waals surface area contributed by atoms with Crippen molar-refractivity contribution in [2.24, 2.45) is 0 Å². The summed E-state index contributed by atoms with van der Waals surface area (Å²) >= 11 is 0. The fraction of sp³-hybridized carbons (Fsp3) is 0.136. The molecule has 0 saturated carbocycles. The van der Waals surface area contributed by atoms with Crippen molar-refractivity contribution in [3.8, 4) is 5.75 Å². The van der Waals surface area contributed by atoms with Gasteiger partial charge < -0.3 is 10.1 Å². The Labute approximate surface area is 197 Å². The molecule has 0 radical (unpaired) electrons. The van der Waals surface area contributed by atoms with Crippen LogP contribution < -0.4 is 10.1 Å². The summed E-state index contributed by atoms with van der Waals surface area (Å²) in [6.45, 7) is -0.936. The molecule has 188 valence electrons. The Hall–Kier alpha value is -4.36. The van der Waals surface area contributed by atoms with Crippen molar-refractivity contribution in [3.05, 3.63) is 94.9 Å². The number of rotatable bonds is 7. The van der Waals surface area contributed by atoms with Crippen LogP contribution in [-0.2, 0) is 19.5 Å². The lowest BCUT2D eigenvalue weighted by atomic mass is 10.2. The fourth-order valence-corrected chi connectivity index (χ4v) is 3.08. The highest BCUT2D eigenvalue weighted by Crippen LogP contribution is 2.31. The van der Waals surface area contributed by atoms with E-state index in [2.05, 4.69) is 15.5 Å². The predicted molar refractivity (Wildman–Crippen MR) is 110 cm³/mol. The minimum absolute atomic E-state index is 0.0487. The maximum absolute atomic E-state index is 13.8. The lowest BCUT2D eigenvalue weighted by Gasteiger charge is -2.10. The van der Waals surface area contributed by atoms with Gasteiger partial charge in [0.1, 0.15) is 5.75 Å². The SMILES string of the molecule is O=C(Nc1ccn(Cc2c(F)c(F)cc(F)c2F)n1)c1ccn(COc2cccc(C(F)(F)F)c2)n1. The van der Waals surface area contributed by atoms with Gasteiger partial charge in [0, 0.05) is 24.5 Å². The van der Waals surface area contributed by atoms with E-state index >= 15 is 0 Å². The zero-order valence-corrected chi connectivity index (χ0v) is 17.9. The molecule has 0 aliphatic heterocycles. The molecule has 36 heavy (non-hydrogen) atoms. The van der Waals surface area contributed by atoms with E-state index in [1.165, 1.54) is 36.7 Å². The molecule has 0 fully saturated rings. The maximum Gasteiger partial charge on any atom is 0.416 e. The number of benzene rings is 2. The molecule has 0 spiro atoms. The topological polar surface area (TPSA) is 74.0 Å². The smallest absolute Gasteiger partial charge is 0.416 e. The van der Waals surface area contributed by atoms with Crippen molar-refractivity contribution in [2.45, 2.75) is 19.5 Å². The minimum Gasteiger partial charge on any atom is -0.471 e. The molecule has 4 aromatic rings. The Kier molecular flexibility index (Phi) is 6.68. The first kappa shape index (κ1) is 24.8. The molecule has 0 aliphatic rings. The number of nitrogens with one attached hydrogen (secondary N) is 1. The Balaban J connectivity index is 1.37. The van der Waals surface area contributed by atoms with Gasteiger partial charge in [-0.25, -0.2) is 22.2 Å². The van der Waals surface area contributed by atoms with E-state index < -0.39 is 53.0 Å². The first-order valence-electron chi connectivity index (χ1n) is 10.0. The third kappa shape index (κ3) is 5.47. The Morgan fingerprint density at radius 3 is 2.31 bits per heavy atom. The summed E-state index contributed by atoms with van der Waals surface area (Å²) in [5.74, 6) is -7.07. The van der Waals surface area contributed by atoms with Gasteiger partial charge in [-0.2, -0.15) is 23.4 Å². The number of hydrogen-bond donors (Lipinski definition) is 1. The van der Waals surface area contributed by atoms with Crippen molar-refractivity contribution >= 4 is 11.7 Å². The second-order valence-electron chi connectivity index (χ2n) is 7.34. The largest absolute Gasteiger partial charge is 0.471 e. The molecule has 4 rings (SSSR count). The summed E-state index contributed by atoms with van der Waals surface area (Å²) < 4.78 is 100. The van der Waals surface area contributed by atoms with Gasteiger partial charge in [0.15, 0.2) is 41.5 Å². The summed E-state index contributed by atoms with van der Waals surface area (Å²) in [5.41, 5.74) is -1.86. The summed E-state index contributed by atoms with van der Waals surface area (Å²) in [6, 6.07) is 6.91.